The fourth-order valence-corrected chi connectivity index (χ4v) is 2.04. The Bertz CT molecular complexity index is 488. The number of hydrogen-bond donors (Lipinski definition) is 2. The Balaban J connectivity index is 2.32. The Morgan fingerprint density at radius 3 is 2.65 bits per heavy atom. The molecule has 1 heterocycles. The van der Waals surface area contributed by atoms with E-state index in [0.717, 1.165) is 0 Å². The molecule has 1 aliphatic heterocycles. The van der Waals surface area contributed by atoms with Gasteiger partial charge in [0.1, 0.15) is 0 Å². The van der Waals surface area contributed by atoms with Crippen molar-refractivity contribution in [3.63, 3.8) is 0 Å². The van der Waals surface area contributed by atoms with Crippen molar-refractivity contribution in [2.45, 2.75) is 12.5 Å². The highest BCUT2D eigenvalue weighted by Gasteiger charge is 2.29. The van der Waals surface area contributed by atoms with Gasteiger partial charge in [0.15, 0.2) is 0 Å². The second-order valence-corrected chi connectivity index (χ2v) is 4.24. The normalized spacial score (nSPS) is 19.8. The van der Waals surface area contributed by atoms with Gasteiger partial charge in [0.25, 0.3) is 0 Å². The summed E-state index contributed by atoms with van der Waals surface area (Å²) in [4.78, 5) is 23.7. The molecule has 1 aromatic rings. The Labute approximate surface area is 102 Å². The lowest BCUT2D eigenvalue weighted by atomic mass is 10.2. The Hall–Kier alpha value is -1.59. The number of carboxylic acid groups (broad SMARTS) is 1. The number of aliphatic hydroxyl groups is 1. The summed E-state index contributed by atoms with van der Waals surface area (Å²) in [5, 5.41) is 18.2. The van der Waals surface area contributed by atoms with E-state index in [1.54, 1.807) is 0 Å². The number of aliphatic hydroxyl groups excluding tert-OH is 1. The number of rotatable bonds is 2. The molecule has 2 rings (SSSR count). The minimum atomic E-state index is -1.12. The molecule has 0 radical (unpaired) electrons. The second-order valence-electron chi connectivity index (χ2n) is 3.83. The van der Waals surface area contributed by atoms with Crippen molar-refractivity contribution < 1.29 is 19.8 Å². The molecule has 0 aromatic heterocycles. The highest BCUT2D eigenvalue weighted by molar-refractivity contribution is 6.33. The lowest BCUT2D eigenvalue weighted by molar-refractivity contribution is -0.117. The molecule has 17 heavy (non-hydrogen) atoms. The molecular formula is C11H10ClNO4. The van der Waals surface area contributed by atoms with Gasteiger partial charge in [-0.2, -0.15) is 0 Å². The van der Waals surface area contributed by atoms with Crippen LogP contribution < -0.4 is 4.90 Å². The Kier molecular flexibility index (Phi) is 3.04. The van der Waals surface area contributed by atoms with E-state index >= 15 is 0 Å². The molecule has 1 aromatic carbocycles. The number of aromatic carboxylic acids is 1. The standard InChI is InChI=1S/C11H10ClNO4/c12-9-3-6(1-2-8(9)11(16)17)13-5-7(14)4-10(13)15/h1-3,7,14H,4-5H2,(H,16,17). The van der Waals surface area contributed by atoms with Crippen LogP contribution in [0.1, 0.15) is 16.8 Å². The van der Waals surface area contributed by atoms with E-state index in [-0.39, 0.29) is 29.5 Å². The van der Waals surface area contributed by atoms with Gasteiger partial charge in [-0.15, -0.1) is 0 Å². The molecule has 2 N–H and O–H groups in total. The van der Waals surface area contributed by atoms with Crippen molar-refractivity contribution in [3.05, 3.63) is 28.8 Å². The van der Waals surface area contributed by atoms with Crippen molar-refractivity contribution in [2.75, 3.05) is 11.4 Å². The van der Waals surface area contributed by atoms with Gasteiger partial charge in [0.05, 0.1) is 29.7 Å². The van der Waals surface area contributed by atoms with Crippen molar-refractivity contribution in [2.24, 2.45) is 0 Å². The Morgan fingerprint density at radius 1 is 1.47 bits per heavy atom. The summed E-state index contributed by atoms with van der Waals surface area (Å²) >= 11 is 5.81. The number of carboxylic acids is 1. The zero-order valence-corrected chi connectivity index (χ0v) is 9.52. The van der Waals surface area contributed by atoms with Gasteiger partial charge < -0.3 is 15.1 Å². The first-order valence-corrected chi connectivity index (χ1v) is 5.38. The number of carbonyl (C=O) groups is 2. The fraction of sp³-hybridized carbons (Fsp3) is 0.273. The number of amides is 1. The van der Waals surface area contributed by atoms with Gasteiger partial charge in [-0.05, 0) is 18.2 Å². The van der Waals surface area contributed by atoms with E-state index in [1.165, 1.54) is 23.1 Å². The molecule has 90 valence electrons. The van der Waals surface area contributed by atoms with E-state index in [4.69, 9.17) is 16.7 Å². The van der Waals surface area contributed by atoms with Crippen LogP contribution in [0.15, 0.2) is 18.2 Å². The molecule has 1 saturated heterocycles. The summed E-state index contributed by atoms with van der Waals surface area (Å²) in [6.45, 7) is 0.210. The lowest BCUT2D eigenvalue weighted by Gasteiger charge is -2.16. The predicted molar refractivity (Wildman–Crippen MR) is 61.4 cm³/mol. The second kappa shape index (κ2) is 4.35. The van der Waals surface area contributed by atoms with Crippen molar-refractivity contribution in [3.8, 4) is 0 Å². The highest BCUT2D eigenvalue weighted by atomic mass is 35.5. The van der Waals surface area contributed by atoms with Crippen LogP contribution in [0.3, 0.4) is 0 Å². The van der Waals surface area contributed by atoms with E-state index in [0.29, 0.717) is 5.69 Å². The van der Waals surface area contributed by atoms with E-state index < -0.39 is 12.1 Å². The molecule has 0 saturated carbocycles. The largest absolute Gasteiger partial charge is 0.478 e. The van der Waals surface area contributed by atoms with E-state index in [9.17, 15) is 14.7 Å². The van der Waals surface area contributed by atoms with Crippen LogP contribution in [0, 0.1) is 0 Å². The molecule has 0 aliphatic carbocycles. The molecule has 0 bridgehead atoms. The van der Waals surface area contributed by atoms with Gasteiger partial charge in [-0.1, -0.05) is 11.6 Å². The number of nitrogens with zero attached hydrogens (tertiary/aromatic N) is 1. The topological polar surface area (TPSA) is 77.8 Å². The van der Waals surface area contributed by atoms with Crippen LogP contribution in [-0.4, -0.2) is 34.7 Å². The fourth-order valence-electron chi connectivity index (χ4n) is 1.78. The molecule has 0 spiro atoms. The van der Waals surface area contributed by atoms with Gasteiger partial charge in [-0.25, -0.2) is 4.79 Å². The predicted octanol–water partition coefficient (Wildman–Crippen LogP) is 1.14. The monoisotopic (exact) mass is 255 g/mol. The smallest absolute Gasteiger partial charge is 0.337 e. The molecule has 5 nitrogen and oxygen atoms in total. The van der Waals surface area contributed by atoms with Gasteiger partial charge in [0.2, 0.25) is 5.91 Å². The number of benzene rings is 1. The molecule has 1 fully saturated rings. The molecule has 1 unspecified atom stereocenters. The molecular weight excluding hydrogens is 246 g/mol. The minimum Gasteiger partial charge on any atom is -0.478 e. The summed E-state index contributed by atoms with van der Waals surface area (Å²) in [5.74, 6) is -1.31. The average Bonchev–Trinajstić information content (AvgIpc) is 2.57. The van der Waals surface area contributed by atoms with E-state index in [2.05, 4.69) is 0 Å². The number of carbonyl (C=O) groups excluding carboxylic acids is 1. The van der Waals surface area contributed by atoms with E-state index in [1.807, 2.05) is 0 Å². The minimum absolute atomic E-state index is 0.0115. The maximum atomic E-state index is 11.5. The van der Waals surface area contributed by atoms with Crippen LogP contribution in [-0.2, 0) is 4.79 Å². The lowest BCUT2D eigenvalue weighted by Crippen LogP contribution is -2.25. The maximum absolute atomic E-state index is 11.5. The van der Waals surface area contributed by atoms with Gasteiger partial charge in [0, 0.05) is 5.69 Å². The molecule has 1 atom stereocenters. The van der Waals surface area contributed by atoms with Crippen LogP contribution >= 0.6 is 11.6 Å². The third-order valence-corrected chi connectivity index (χ3v) is 2.91. The van der Waals surface area contributed by atoms with Crippen molar-refractivity contribution in [1.29, 1.82) is 0 Å². The van der Waals surface area contributed by atoms with Crippen molar-refractivity contribution in [1.82, 2.24) is 0 Å². The molecule has 6 heteroatoms. The first-order chi connectivity index (χ1) is 7.99. The summed E-state index contributed by atoms with van der Waals surface area (Å²) in [6, 6.07) is 4.27. The van der Waals surface area contributed by atoms with Crippen molar-refractivity contribution >= 4 is 29.2 Å². The summed E-state index contributed by atoms with van der Waals surface area (Å²) in [6.07, 6.45) is -0.599. The number of halogens is 1. The maximum Gasteiger partial charge on any atom is 0.337 e. The summed E-state index contributed by atoms with van der Waals surface area (Å²) in [7, 11) is 0. The average molecular weight is 256 g/mol. The summed E-state index contributed by atoms with van der Waals surface area (Å²) in [5.41, 5.74) is 0.490. The van der Waals surface area contributed by atoms with Crippen LogP contribution in [0.2, 0.25) is 5.02 Å². The zero-order valence-electron chi connectivity index (χ0n) is 8.76. The molecule has 1 amide bonds. The van der Waals surface area contributed by atoms with Crippen LogP contribution in [0.5, 0.6) is 0 Å². The SMILES string of the molecule is O=C(O)c1ccc(N2CC(O)CC2=O)cc1Cl. The van der Waals surface area contributed by atoms with Gasteiger partial charge in [-0.3, -0.25) is 4.79 Å². The van der Waals surface area contributed by atoms with Crippen LogP contribution in [0.4, 0.5) is 5.69 Å². The number of anilines is 1. The Morgan fingerprint density at radius 2 is 2.18 bits per heavy atom. The quantitative estimate of drug-likeness (QED) is 0.831. The third kappa shape index (κ3) is 2.25. The zero-order chi connectivity index (χ0) is 12.6. The number of hydrogen-bond acceptors (Lipinski definition) is 3. The first kappa shape index (κ1) is 11.9. The molecule has 1 aliphatic rings. The number of β-amino-alcohol motifs (C(OH)–C–C–N with tert-alkyl or cyclic N) is 1. The first-order valence-electron chi connectivity index (χ1n) is 5.00. The summed E-state index contributed by atoms with van der Waals surface area (Å²) < 4.78 is 0. The highest BCUT2D eigenvalue weighted by Crippen LogP contribution is 2.27. The van der Waals surface area contributed by atoms with Gasteiger partial charge >= 0.3 is 5.97 Å². The third-order valence-electron chi connectivity index (χ3n) is 2.60. The van der Waals surface area contributed by atoms with Crippen LogP contribution in [0.25, 0.3) is 0 Å².